The van der Waals surface area contributed by atoms with Gasteiger partial charge in [0.1, 0.15) is 0 Å². The van der Waals surface area contributed by atoms with Gasteiger partial charge in [0.05, 0.1) is 226 Å². The highest BCUT2D eigenvalue weighted by atomic mass is 32.3. The van der Waals surface area contributed by atoms with Crippen LogP contribution >= 0.6 is 0 Å². The summed E-state index contributed by atoms with van der Waals surface area (Å²) < 4.78 is 400. The van der Waals surface area contributed by atoms with Crippen LogP contribution in [-0.4, -0.2) is 313 Å². The molecule has 714 valence electrons. The zero-order valence-electron chi connectivity index (χ0n) is 65.6. The Morgan fingerprint density at radius 2 is 0.295 bits per heavy atom. The highest BCUT2D eigenvalue weighted by molar-refractivity contribution is 7.87. The van der Waals surface area contributed by atoms with Gasteiger partial charge in [-0.15, -0.1) is 0 Å². The van der Waals surface area contributed by atoms with Gasteiger partial charge in [-0.1, -0.05) is 13.8 Å². The van der Waals surface area contributed by atoms with Crippen LogP contribution in [0.1, 0.15) is 142 Å². The third kappa shape index (κ3) is 62.8. The zero-order chi connectivity index (χ0) is 93.9. The first-order valence-electron chi connectivity index (χ1n) is 36.8. The first-order chi connectivity index (χ1) is 55.8. The van der Waals surface area contributed by atoms with E-state index in [1.807, 2.05) is 0 Å². The highest BCUT2D eigenvalue weighted by Gasteiger charge is 2.43. The molecule has 0 spiro atoms. The van der Waals surface area contributed by atoms with Crippen LogP contribution in [0, 0.1) is 59.2 Å². The average molecular weight is 1960 g/mol. The van der Waals surface area contributed by atoms with Crippen LogP contribution in [0.2, 0.25) is 0 Å². The molecular formula is C62H96O50S10-10. The van der Waals surface area contributed by atoms with Gasteiger partial charge in [-0.3, -0.25) is 47.9 Å². The van der Waals surface area contributed by atoms with E-state index in [0.29, 0.717) is 0 Å². The van der Waals surface area contributed by atoms with Crippen molar-refractivity contribution in [3.05, 3.63) is 0 Å². The van der Waals surface area contributed by atoms with Gasteiger partial charge in [0.25, 0.3) is 0 Å². The fourth-order valence-electron chi connectivity index (χ4n) is 11.3. The molecule has 0 N–H and O–H groups in total. The van der Waals surface area contributed by atoms with Crippen molar-refractivity contribution in [3.8, 4) is 0 Å². The molecule has 0 aromatic heterocycles. The first kappa shape index (κ1) is 116. The van der Waals surface area contributed by atoms with Crippen molar-refractivity contribution in [2.75, 3.05) is 124 Å². The van der Waals surface area contributed by atoms with Gasteiger partial charge in [0, 0.05) is 57.5 Å². The lowest BCUT2D eigenvalue weighted by Crippen LogP contribution is -2.36. The molecule has 60 heteroatoms. The lowest BCUT2D eigenvalue weighted by molar-refractivity contribution is -0.159. The van der Waals surface area contributed by atoms with E-state index < -0.39 is 466 Å². The van der Waals surface area contributed by atoms with Crippen molar-refractivity contribution in [3.63, 3.8) is 0 Å². The van der Waals surface area contributed by atoms with Crippen molar-refractivity contribution in [2.24, 2.45) is 59.2 Å². The van der Waals surface area contributed by atoms with Crippen molar-refractivity contribution < 1.29 is 225 Å². The molecule has 0 fully saturated rings. The predicted octanol–water partition coefficient (Wildman–Crippen LogP) is -4.13. The average Bonchev–Trinajstić information content (AvgIpc) is 0.836. The number of hydrogen-bond acceptors (Lipinski definition) is 50. The predicted molar refractivity (Wildman–Crippen MR) is 394 cm³/mol. The largest absolute Gasteiger partial charge is 0.748 e. The Labute approximate surface area is 706 Å². The third-order valence-electron chi connectivity index (χ3n) is 16.9. The third-order valence-corrected chi connectivity index (χ3v) is 24.8. The minimum atomic E-state index is -5.20. The van der Waals surface area contributed by atoms with Crippen molar-refractivity contribution >= 4 is 161 Å². The summed E-state index contributed by atoms with van der Waals surface area (Å²) in [5.41, 5.74) is 0. The van der Waals surface area contributed by atoms with Crippen LogP contribution in [0.3, 0.4) is 0 Å². The maximum Gasteiger partial charge on any atom is 0.308 e. The summed E-state index contributed by atoms with van der Waals surface area (Å²) in [6.07, 6.45) is -18.9. The molecule has 0 heterocycles. The summed E-state index contributed by atoms with van der Waals surface area (Å²) in [6.45, 7) is -7.63. The van der Waals surface area contributed by atoms with Crippen molar-refractivity contribution in [1.29, 1.82) is 0 Å². The Bertz CT molecular complexity index is 4610. The Morgan fingerprint density at radius 1 is 0.189 bits per heavy atom. The van der Waals surface area contributed by atoms with Crippen LogP contribution < -0.4 is 0 Å². The number of rotatable bonds is 69. The van der Waals surface area contributed by atoms with E-state index in [0.717, 1.165) is 6.92 Å². The molecule has 0 aromatic rings. The van der Waals surface area contributed by atoms with Gasteiger partial charge < -0.3 is 92.9 Å². The standard InChI is InChI=1S/C62H106O50S10/c1-3-44(54(64)104-15-5-25-114(76,77)78)35-46(56(66)106-17-7-27-116(82,83)84)37-48(58(68)108-19-9-29-118(88,89)90)39-50(60(70)110-21-11-31-120(94,95)96)41-52(62(72)112-23-13-33-122(100,101)102)42-51(61(71)111-22-12-32-121(97,98)99)40-49(59(69)109-20-10-30-119(91,92)93)38-47(57(67)107-18-8-28-117(85,86)87)36-45(55(65)105-16-6-26-115(79,80)81)34-43(2)53(63)103-14-4-24-113(73,74)75/h43-52H,3-42H2,1-2H3,(H,73,74,75)(H,76,77,78)(H,79,80,81)(H,82,83,84)(H,85,86,87)(H,88,89,90)(H,91,92,93)(H,94,95,96)(H,97,98,99)(H,100,101,102)/p-10. The van der Waals surface area contributed by atoms with Gasteiger partial charge in [0.15, 0.2) is 0 Å². The topological polar surface area (TPSA) is 835 Å². The summed E-state index contributed by atoms with van der Waals surface area (Å²) in [5, 5.41) is 0. The van der Waals surface area contributed by atoms with E-state index in [1.165, 1.54) is 6.92 Å². The molecule has 0 saturated heterocycles. The fourth-order valence-corrected chi connectivity index (χ4v) is 16.0. The quantitative estimate of drug-likeness (QED) is 0.0242. The number of carbonyl (C=O) groups is 10. The molecule has 0 aliphatic rings. The van der Waals surface area contributed by atoms with E-state index in [4.69, 9.17) is 47.4 Å². The molecular weight excluding hydrogens is 1870 g/mol. The molecule has 10 atom stereocenters. The molecule has 0 aromatic carbocycles. The summed E-state index contributed by atoms with van der Waals surface area (Å²) >= 11 is 0. The highest BCUT2D eigenvalue weighted by Crippen LogP contribution is 2.37. The summed E-state index contributed by atoms with van der Waals surface area (Å²) in [5.74, 6) is -48.9. The fraction of sp³-hybridized carbons (Fsp3) is 0.839. The van der Waals surface area contributed by atoms with Gasteiger partial charge in [-0.05, 0) is 128 Å². The number of ether oxygens (including phenoxy) is 10. The zero-order valence-corrected chi connectivity index (χ0v) is 73.7. The Morgan fingerprint density at radius 3 is 0.418 bits per heavy atom. The minimum absolute atomic E-state index is 0.344. The second-order valence-electron chi connectivity index (χ2n) is 27.5. The van der Waals surface area contributed by atoms with Gasteiger partial charge in [-0.25, -0.2) is 84.2 Å². The molecule has 0 saturated carbocycles. The Kier molecular flexibility index (Phi) is 52.6. The second kappa shape index (κ2) is 55.4. The van der Waals surface area contributed by atoms with Gasteiger partial charge in [0.2, 0.25) is 0 Å². The minimum Gasteiger partial charge on any atom is -0.748 e. The SMILES string of the molecule is CCC(CC(CC(CC(CC(CC(CC(CC(CC(CC(C)C(=O)OCCCS(=O)(=O)[O-])C(=O)OCCCS(=O)(=O)[O-])C(=O)OCCCS(=O)(=O)[O-])C(=O)OCCCS(=O)(=O)[O-])C(=O)OCCCS(=O)(=O)[O-])C(=O)OCCCS(=O)(=O)[O-])C(=O)OCCCS(=O)(=O)[O-])C(=O)OCCCS(=O)(=O)[O-])C(=O)OCCCS(=O)(=O)[O-])C(=O)OCCCS(=O)(=O)[O-]. The molecule has 10 unspecified atom stereocenters. The van der Waals surface area contributed by atoms with Crippen molar-refractivity contribution in [1.82, 2.24) is 0 Å². The Balaban J connectivity index is 9.64. The van der Waals surface area contributed by atoms with Crippen LogP contribution in [0.25, 0.3) is 0 Å². The Hall–Kier alpha value is -6.20. The smallest absolute Gasteiger partial charge is 0.308 e. The number of esters is 10. The van der Waals surface area contributed by atoms with Crippen LogP contribution in [0.4, 0.5) is 0 Å². The van der Waals surface area contributed by atoms with E-state index in [9.17, 15) is 178 Å². The summed E-state index contributed by atoms with van der Waals surface area (Å²) in [6, 6.07) is 0. The van der Waals surface area contributed by atoms with E-state index in [2.05, 4.69) is 0 Å². The molecule has 50 nitrogen and oxygen atoms in total. The van der Waals surface area contributed by atoms with Crippen LogP contribution in [0.5, 0.6) is 0 Å². The summed E-state index contributed by atoms with van der Waals surface area (Å²) in [4.78, 5) is 144. The maximum absolute atomic E-state index is 14.9. The molecule has 0 aliphatic carbocycles. The molecule has 122 heavy (non-hydrogen) atoms. The molecule has 0 aliphatic heterocycles. The monoisotopic (exact) mass is 1960 g/mol. The van der Waals surface area contributed by atoms with Crippen LogP contribution in [0.15, 0.2) is 0 Å². The normalized spacial score (nSPS) is 15.2. The van der Waals surface area contributed by atoms with Crippen LogP contribution in [-0.2, 0) is 196 Å². The van der Waals surface area contributed by atoms with Crippen molar-refractivity contribution in [2.45, 2.75) is 142 Å². The van der Waals surface area contributed by atoms with E-state index in [-0.39, 0.29) is 6.42 Å². The molecule has 0 amide bonds. The lowest BCUT2D eigenvalue weighted by Gasteiger charge is -2.30. The second-order valence-corrected chi connectivity index (χ2v) is 42.8. The number of hydrogen-bond donors (Lipinski definition) is 0. The molecule has 0 bridgehead atoms. The van der Waals surface area contributed by atoms with Gasteiger partial charge in [-0.2, -0.15) is 0 Å². The maximum atomic E-state index is 14.9. The van der Waals surface area contributed by atoms with E-state index in [1.54, 1.807) is 0 Å². The molecule has 0 radical (unpaired) electrons. The summed E-state index contributed by atoms with van der Waals surface area (Å²) in [7, 11) is -50.8. The van der Waals surface area contributed by atoms with E-state index >= 15 is 0 Å². The molecule has 0 rings (SSSR count). The lowest BCUT2D eigenvalue weighted by atomic mass is 9.76. The van der Waals surface area contributed by atoms with Gasteiger partial charge >= 0.3 is 59.7 Å². The number of carbonyl (C=O) groups excluding carboxylic acids is 10. The first-order valence-corrected chi connectivity index (χ1v) is 52.6.